The van der Waals surface area contributed by atoms with Crippen LogP contribution < -0.4 is 0 Å². The van der Waals surface area contributed by atoms with Gasteiger partial charge in [0.1, 0.15) is 6.54 Å². The summed E-state index contributed by atoms with van der Waals surface area (Å²) in [6, 6.07) is 3.00. The third kappa shape index (κ3) is 4.29. The quantitative estimate of drug-likeness (QED) is 0.798. The van der Waals surface area contributed by atoms with Gasteiger partial charge in [0.05, 0.1) is 5.56 Å². The molecule has 1 aromatic heterocycles. The average Bonchev–Trinajstić information content (AvgIpc) is 2.26. The first-order chi connectivity index (χ1) is 8.35. The molecule has 1 heterocycles. The summed E-state index contributed by atoms with van der Waals surface area (Å²) >= 11 is 3.04. The van der Waals surface area contributed by atoms with Crippen molar-refractivity contribution in [2.24, 2.45) is 0 Å². The van der Waals surface area contributed by atoms with Gasteiger partial charge in [0.2, 0.25) is 0 Å². The first-order valence-electron chi connectivity index (χ1n) is 5.19. The van der Waals surface area contributed by atoms with Crippen molar-refractivity contribution in [1.29, 1.82) is 0 Å². The molecule has 0 saturated carbocycles. The van der Waals surface area contributed by atoms with E-state index in [2.05, 4.69) is 20.9 Å². The maximum atomic E-state index is 12.4. The molecule has 0 unspecified atom stereocenters. The fraction of sp³-hybridized carbons (Fsp3) is 0.455. The molecule has 0 aliphatic heterocycles. The van der Waals surface area contributed by atoms with Gasteiger partial charge in [0, 0.05) is 23.8 Å². The third-order valence-electron chi connectivity index (χ3n) is 2.25. The van der Waals surface area contributed by atoms with Crippen LogP contribution in [0.15, 0.2) is 18.3 Å². The summed E-state index contributed by atoms with van der Waals surface area (Å²) in [6.07, 6.45) is -2.92. The van der Waals surface area contributed by atoms with Gasteiger partial charge in [0.25, 0.3) is 5.91 Å². The van der Waals surface area contributed by atoms with Crippen LogP contribution in [0.2, 0.25) is 0 Å². The zero-order valence-electron chi connectivity index (χ0n) is 9.67. The van der Waals surface area contributed by atoms with Gasteiger partial charge < -0.3 is 4.90 Å². The largest absolute Gasteiger partial charge is 0.406 e. The van der Waals surface area contributed by atoms with Gasteiger partial charge in [-0.05, 0) is 19.1 Å². The Morgan fingerprint density at radius 1 is 1.50 bits per heavy atom. The van der Waals surface area contributed by atoms with Gasteiger partial charge in [-0.2, -0.15) is 13.2 Å². The molecule has 0 radical (unpaired) electrons. The van der Waals surface area contributed by atoms with Crippen molar-refractivity contribution in [3.63, 3.8) is 0 Å². The summed E-state index contributed by atoms with van der Waals surface area (Å²) in [4.78, 5) is 16.7. The Bertz CT molecular complexity index is 423. The van der Waals surface area contributed by atoms with Crippen LogP contribution in [0.3, 0.4) is 0 Å². The lowest BCUT2D eigenvalue weighted by Gasteiger charge is -2.23. The molecular formula is C11H12BrF3N2O. The Morgan fingerprint density at radius 3 is 2.67 bits per heavy atom. The smallest absolute Gasteiger partial charge is 0.329 e. The van der Waals surface area contributed by atoms with Crippen LogP contribution in [-0.4, -0.2) is 40.4 Å². The highest BCUT2D eigenvalue weighted by Crippen LogP contribution is 2.18. The van der Waals surface area contributed by atoms with Crippen molar-refractivity contribution in [1.82, 2.24) is 9.88 Å². The van der Waals surface area contributed by atoms with Crippen molar-refractivity contribution in [3.8, 4) is 0 Å². The standard InChI is InChI=1S/C11H12BrF3N2O/c1-8-9(3-2-5-16-8)10(18)17(6-4-12)7-11(13,14)15/h2-3,5H,4,6-7H2,1H3. The number of rotatable bonds is 4. The summed E-state index contributed by atoms with van der Waals surface area (Å²) in [6.45, 7) is 0.325. The summed E-state index contributed by atoms with van der Waals surface area (Å²) < 4.78 is 37.1. The van der Waals surface area contributed by atoms with E-state index in [1.807, 2.05) is 0 Å². The lowest BCUT2D eigenvalue weighted by atomic mass is 10.2. The van der Waals surface area contributed by atoms with Crippen LogP contribution in [0.1, 0.15) is 16.1 Å². The van der Waals surface area contributed by atoms with E-state index in [0.717, 1.165) is 4.90 Å². The number of carbonyl (C=O) groups excluding carboxylic acids is 1. The van der Waals surface area contributed by atoms with Crippen LogP contribution in [0, 0.1) is 6.92 Å². The van der Waals surface area contributed by atoms with E-state index in [1.54, 1.807) is 6.92 Å². The molecule has 7 heteroatoms. The molecule has 3 nitrogen and oxygen atoms in total. The van der Waals surface area contributed by atoms with Crippen molar-refractivity contribution in [3.05, 3.63) is 29.6 Å². The summed E-state index contributed by atoms with van der Waals surface area (Å²) in [7, 11) is 0. The second-order valence-corrected chi connectivity index (χ2v) is 4.46. The molecule has 100 valence electrons. The Kier molecular flexibility index (Phi) is 5.13. The predicted molar refractivity (Wildman–Crippen MR) is 64.7 cm³/mol. The van der Waals surface area contributed by atoms with Crippen LogP contribution in [0.25, 0.3) is 0 Å². The Balaban J connectivity index is 2.93. The van der Waals surface area contributed by atoms with Gasteiger partial charge in [-0.1, -0.05) is 15.9 Å². The third-order valence-corrected chi connectivity index (χ3v) is 2.60. The minimum Gasteiger partial charge on any atom is -0.329 e. The van der Waals surface area contributed by atoms with Crippen LogP contribution in [-0.2, 0) is 0 Å². The normalized spacial score (nSPS) is 11.4. The molecule has 0 atom stereocenters. The monoisotopic (exact) mass is 324 g/mol. The molecule has 1 amide bonds. The van der Waals surface area contributed by atoms with Crippen molar-refractivity contribution in [2.45, 2.75) is 13.1 Å². The van der Waals surface area contributed by atoms with Crippen LogP contribution in [0.4, 0.5) is 13.2 Å². The minimum atomic E-state index is -4.41. The van der Waals surface area contributed by atoms with Gasteiger partial charge in [-0.15, -0.1) is 0 Å². The number of halogens is 4. The maximum Gasteiger partial charge on any atom is 0.406 e. The van der Waals surface area contributed by atoms with E-state index in [9.17, 15) is 18.0 Å². The van der Waals surface area contributed by atoms with Crippen LogP contribution >= 0.6 is 15.9 Å². The highest BCUT2D eigenvalue weighted by Gasteiger charge is 2.33. The van der Waals surface area contributed by atoms with E-state index in [0.29, 0.717) is 5.69 Å². The number of alkyl halides is 4. The Labute approximate surface area is 111 Å². The van der Waals surface area contributed by atoms with Gasteiger partial charge in [-0.3, -0.25) is 9.78 Å². The number of aryl methyl sites for hydroxylation is 1. The molecule has 0 fully saturated rings. The molecule has 1 rings (SSSR count). The lowest BCUT2D eigenvalue weighted by molar-refractivity contribution is -0.140. The second kappa shape index (κ2) is 6.17. The van der Waals surface area contributed by atoms with E-state index in [1.165, 1.54) is 18.3 Å². The molecule has 0 aliphatic rings. The number of carbonyl (C=O) groups is 1. The summed E-state index contributed by atoms with van der Waals surface area (Å²) in [5, 5.41) is 0.286. The lowest BCUT2D eigenvalue weighted by Crippen LogP contribution is -2.40. The maximum absolute atomic E-state index is 12.4. The minimum absolute atomic E-state index is 0.00726. The highest BCUT2D eigenvalue weighted by molar-refractivity contribution is 9.09. The highest BCUT2D eigenvalue weighted by atomic mass is 79.9. The summed E-state index contributed by atoms with van der Waals surface area (Å²) in [5.41, 5.74) is 0.618. The molecule has 18 heavy (non-hydrogen) atoms. The fourth-order valence-electron chi connectivity index (χ4n) is 1.45. The SMILES string of the molecule is Cc1ncccc1C(=O)N(CCBr)CC(F)(F)F. The summed E-state index contributed by atoms with van der Waals surface area (Å²) in [5.74, 6) is -0.655. The van der Waals surface area contributed by atoms with E-state index in [4.69, 9.17) is 0 Å². The fourth-order valence-corrected chi connectivity index (χ4v) is 1.88. The van der Waals surface area contributed by atoms with Crippen molar-refractivity contribution < 1.29 is 18.0 Å². The second-order valence-electron chi connectivity index (χ2n) is 3.67. The van der Waals surface area contributed by atoms with E-state index >= 15 is 0 Å². The van der Waals surface area contributed by atoms with Gasteiger partial charge in [0.15, 0.2) is 0 Å². The molecule has 1 aromatic rings. The average molecular weight is 325 g/mol. The van der Waals surface area contributed by atoms with Crippen LogP contribution in [0.5, 0.6) is 0 Å². The van der Waals surface area contributed by atoms with Crippen molar-refractivity contribution >= 4 is 21.8 Å². The predicted octanol–water partition coefficient (Wildman–Crippen LogP) is 2.79. The number of hydrogen-bond donors (Lipinski definition) is 0. The Hall–Kier alpha value is -1.11. The van der Waals surface area contributed by atoms with Gasteiger partial charge in [-0.25, -0.2) is 0 Å². The number of amides is 1. The number of nitrogens with zero attached hydrogens (tertiary/aromatic N) is 2. The number of hydrogen-bond acceptors (Lipinski definition) is 2. The molecule has 0 spiro atoms. The topological polar surface area (TPSA) is 33.2 Å². The first-order valence-corrected chi connectivity index (χ1v) is 6.31. The zero-order valence-corrected chi connectivity index (χ0v) is 11.3. The first kappa shape index (κ1) is 14.9. The van der Waals surface area contributed by atoms with E-state index in [-0.39, 0.29) is 17.4 Å². The Morgan fingerprint density at radius 2 is 2.17 bits per heavy atom. The number of pyridine rings is 1. The molecule has 0 aromatic carbocycles. The van der Waals surface area contributed by atoms with Crippen molar-refractivity contribution in [2.75, 3.05) is 18.4 Å². The molecule has 0 aliphatic carbocycles. The molecule has 0 saturated heterocycles. The van der Waals surface area contributed by atoms with Gasteiger partial charge >= 0.3 is 6.18 Å². The molecule has 0 N–H and O–H groups in total. The van der Waals surface area contributed by atoms with E-state index < -0.39 is 18.6 Å². The zero-order chi connectivity index (χ0) is 13.8. The number of aromatic nitrogens is 1. The molecule has 0 bridgehead atoms. The molecular weight excluding hydrogens is 313 g/mol.